The summed E-state index contributed by atoms with van der Waals surface area (Å²) in [5.41, 5.74) is 0.329. The van der Waals surface area contributed by atoms with Crippen molar-refractivity contribution < 1.29 is 17.9 Å². The van der Waals surface area contributed by atoms with Crippen LogP contribution < -0.4 is 0 Å². The molecule has 134 valence electrons. The second kappa shape index (κ2) is 6.57. The highest BCUT2D eigenvalue weighted by Crippen LogP contribution is 2.37. The van der Waals surface area contributed by atoms with Gasteiger partial charge in [-0.1, -0.05) is 25.1 Å². The molecule has 1 aromatic carbocycles. The number of hydrogen-bond donors (Lipinski definition) is 0. The Balaban J connectivity index is 1.95. The molecule has 1 aliphatic rings. The van der Waals surface area contributed by atoms with Crippen LogP contribution in [0, 0.1) is 10.1 Å². The highest BCUT2D eigenvalue weighted by atomic mass is 32.2. The molecular weight excluding hydrogens is 346 g/mol. The standard InChI is InChI=1S/C16H19N3O5S/c1-11(2)16-10-14(17-24-16)15-7-4-8-18(15)25(22,23)13-6-3-5-12(9-13)19(20)21/h3,5-6,9-11,15H,4,7-8H2,1-2H3/t15-/m1/s1. The Morgan fingerprint density at radius 2 is 2.12 bits per heavy atom. The van der Waals surface area contributed by atoms with E-state index in [1.54, 1.807) is 6.07 Å². The molecular formula is C16H19N3O5S. The Kier molecular flexibility index (Phi) is 4.61. The van der Waals surface area contributed by atoms with Crippen LogP contribution in [0.5, 0.6) is 0 Å². The lowest BCUT2D eigenvalue weighted by atomic mass is 10.1. The van der Waals surface area contributed by atoms with Crippen molar-refractivity contribution in [2.75, 3.05) is 6.54 Å². The summed E-state index contributed by atoms with van der Waals surface area (Å²) in [5, 5.41) is 15.0. The van der Waals surface area contributed by atoms with Crippen LogP contribution in [0.25, 0.3) is 0 Å². The molecule has 0 radical (unpaired) electrons. The highest BCUT2D eigenvalue weighted by molar-refractivity contribution is 7.89. The number of nitrogens with zero attached hydrogens (tertiary/aromatic N) is 3. The Labute approximate surface area is 145 Å². The largest absolute Gasteiger partial charge is 0.361 e. The number of hydrogen-bond acceptors (Lipinski definition) is 6. The van der Waals surface area contributed by atoms with Crippen LogP contribution in [0.4, 0.5) is 5.69 Å². The van der Waals surface area contributed by atoms with E-state index in [0.29, 0.717) is 30.8 Å². The number of nitro groups is 1. The van der Waals surface area contributed by atoms with Gasteiger partial charge in [0.15, 0.2) is 0 Å². The number of benzene rings is 1. The molecule has 3 rings (SSSR count). The summed E-state index contributed by atoms with van der Waals surface area (Å²) in [7, 11) is -3.86. The summed E-state index contributed by atoms with van der Waals surface area (Å²) in [4.78, 5) is 10.2. The Hall–Kier alpha value is -2.26. The molecule has 0 aliphatic carbocycles. The Morgan fingerprint density at radius 1 is 1.36 bits per heavy atom. The van der Waals surface area contributed by atoms with E-state index in [4.69, 9.17) is 4.52 Å². The van der Waals surface area contributed by atoms with E-state index in [0.717, 1.165) is 6.07 Å². The first-order valence-corrected chi connectivity index (χ1v) is 9.47. The first kappa shape index (κ1) is 17.6. The van der Waals surface area contributed by atoms with Gasteiger partial charge in [0, 0.05) is 30.7 Å². The molecule has 2 heterocycles. The summed E-state index contributed by atoms with van der Waals surface area (Å²) in [6, 6.07) is 6.49. The molecule has 0 spiro atoms. The molecule has 0 unspecified atom stereocenters. The van der Waals surface area contributed by atoms with Crippen molar-refractivity contribution in [3.05, 3.63) is 51.9 Å². The molecule has 8 nitrogen and oxygen atoms in total. The lowest BCUT2D eigenvalue weighted by Gasteiger charge is -2.22. The maximum absolute atomic E-state index is 13.0. The van der Waals surface area contributed by atoms with Crippen LogP contribution in [0.2, 0.25) is 0 Å². The van der Waals surface area contributed by atoms with Gasteiger partial charge in [-0.15, -0.1) is 0 Å². The van der Waals surface area contributed by atoms with Crippen LogP contribution in [-0.2, 0) is 10.0 Å². The van der Waals surface area contributed by atoms with E-state index in [-0.39, 0.29) is 16.5 Å². The van der Waals surface area contributed by atoms with Crippen LogP contribution in [0.1, 0.15) is 50.1 Å². The first-order chi connectivity index (χ1) is 11.8. The zero-order valence-electron chi connectivity index (χ0n) is 14.0. The van der Waals surface area contributed by atoms with Crippen molar-refractivity contribution >= 4 is 15.7 Å². The van der Waals surface area contributed by atoms with Crippen molar-refractivity contribution in [3.8, 4) is 0 Å². The summed E-state index contributed by atoms with van der Waals surface area (Å²) >= 11 is 0. The summed E-state index contributed by atoms with van der Waals surface area (Å²) in [5.74, 6) is 0.860. The van der Waals surface area contributed by atoms with Gasteiger partial charge in [0.05, 0.1) is 15.9 Å². The van der Waals surface area contributed by atoms with E-state index in [2.05, 4.69) is 5.16 Å². The molecule has 9 heteroatoms. The van der Waals surface area contributed by atoms with Crippen molar-refractivity contribution in [1.82, 2.24) is 9.46 Å². The minimum absolute atomic E-state index is 0.0822. The highest BCUT2D eigenvalue weighted by Gasteiger charge is 2.38. The van der Waals surface area contributed by atoms with Gasteiger partial charge >= 0.3 is 0 Å². The fourth-order valence-corrected chi connectivity index (χ4v) is 4.66. The minimum atomic E-state index is -3.86. The third-order valence-corrected chi connectivity index (χ3v) is 6.20. The molecule has 2 aromatic rings. The van der Waals surface area contributed by atoms with Gasteiger partial charge < -0.3 is 4.52 Å². The van der Waals surface area contributed by atoms with Gasteiger partial charge in [0.25, 0.3) is 5.69 Å². The Morgan fingerprint density at radius 3 is 2.76 bits per heavy atom. The van der Waals surface area contributed by atoms with E-state index in [1.165, 1.54) is 22.5 Å². The molecule has 25 heavy (non-hydrogen) atoms. The van der Waals surface area contributed by atoms with Gasteiger partial charge in [-0.05, 0) is 18.9 Å². The lowest BCUT2D eigenvalue weighted by molar-refractivity contribution is -0.385. The Bertz CT molecular complexity index is 891. The van der Waals surface area contributed by atoms with Crippen molar-refractivity contribution in [2.45, 2.75) is 43.5 Å². The van der Waals surface area contributed by atoms with E-state index in [9.17, 15) is 18.5 Å². The van der Waals surface area contributed by atoms with Gasteiger partial charge in [0.2, 0.25) is 10.0 Å². The monoisotopic (exact) mass is 365 g/mol. The molecule has 0 N–H and O–H groups in total. The van der Waals surface area contributed by atoms with E-state index in [1.807, 2.05) is 13.8 Å². The second-order valence-corrected chi connectivity index (χ2v) is 8.23. The maximum atomic E-state index is 13.0. The molecule has 1 saturated heterocycles. The van der Waals surface area contributed by atoms with Crippen LogP contribution in [0.3, 0.4) is 0 Å². The predicted octanol–water partition coefficient (Wildman–Crippen LogP) is 3.23. The molecule has 0 bridgehead atoms. The van der Waals surface area contributed by atoms with Gasteiger partial charge in [-0.25, -0.2) is 8.42 Å². The predicted molar refractivity (Wildman–Crippen MR) is 89.6 cm³/mol. The number of rotatable bonds is 5. The summed E-state index contributed by atoms with van der Waals surface area (Å²) in [6.07, 6.45) is 1.33. The molecule has 0 saturated carbocycles. The first-order valence-electron chi connectivity index (χ1n) is 8.03. The zero-order chi connectivity index (χ0) is 18.2. The van der Waals surface area contributed by atoms with Crippen molar-refractivity contribution in [1.29, 1.82) is 0 Å². The molecule has 0 amide bonds. The third-order valence-electron chi connectivity index (χ3n) is 4.30. The fourth-order valence-electron chi connectivity index (χ4n) is 2.95. The number of nitro benzene ring substituents is 1. The van der Waals surface area contributed by atoms with Crippen LogP contribution in [0.15, 0.2) is 39.8 Å². The number of sulfonamides is 1. The second-order valence-electron chi connectivity index (χ2n) is 6.34. The van der Waals surface area contributed by atoms with Gasteiger partial charge in [0.1, 0.15) is 11.5 Å². The summed E-state index contributed by atoms with van der Waals surface area (Å²) in [6.45, 7) is 4.28. The minimum Gasteiger partial charge on any atom is -0.361 e. The van der Waals surface area contributed by atoms with Gasteiger partial charge in [-0.2, -0.15) is 4.31 Å². The molecule has 1 fully saturated rings. The lowest BCUT2D eigenvalue weighted by Crippen LogP contribution is -2.30. The maximum Gasteiger partial charge on any atom is 0.270 e. The number of aromatic nitrogens is 1. The molecule has 1 aliphatic heterocycles. The molecule has 1 aromatic heterocycles. The average Bonchev–Trinajstić information content (AvgIpc) is 3.24. The number of non-ortho nitro benzene ring substituents is 1. The smallest absolute Gasteiger partial charge is 0.270 e. The third kappa shape index (κ3) is 3.29. The van der Waals surface area contributed by atoms with E-state index >= 15 is 0 Å². The normalized spacial score (nSPS) is 18.8. The average molecular weight is 365 g/mol. The van der Waals surface area contributed by atoms with Gasteiger partial charge in [-0.3, -0.25) is 10.1 Å². The fraction of sp³-hybridized carbons (Fsp3) is 0.438. The van der Waals surface area contributed by atoms with Crippen LogP contribution >= 0.6 is 0 Å². The van der Waals surface area contributed by atoms with E-state index < -0.39 is 21.0 Å². The van der Waals surface area contributed by atoms with Crippen molar-refractivity contribution in [3.63, 3.8) is 0 Å². The molecule has 1 atom stereocenters. The topological polar surface area (TPSA) is 107 Å². The van der Waals surface area contributed by atoms with Crippen LogP contribution in [-0.4, -0.2) is 29.3 Å². The SMILES string of the molecule is CC(C)c1cc([C@H]2CCCN2S(=O)(=O)c2cccc([N+](=O)[O-])c2)no1. The zero-order valence-corrected chi connectivity index (χ0v) is 14.8. The quantitative estimate of drug-likeness (QED) is 0.595. The van der Waals surface area contributed by atoms with Crippen molar-refractivity contribution in [2.24, 2.45) is 0 Å². The summed E-state index contributed by atoms with van der Waals surface area (Å²) < 4.78 is 32.6.